The van der Waals surface area contributed by atoms with Crippen molar-refractivity contribution < 1.29 is 31.8 Å². The van der Waals surface area contributed by atoms with Gasteiger partial charge in [0.15, 0.2) is 17.7 Å². The van der Waals surface area contributed by atoms with Gasteiger partial charge in [0, 0.05) is 18.9 Å². The van der Waals surface area contributed by atoms with Gasteiger partial charge in [0.25, 0.3) is 5.88 Å². The molecule has 1 N–H and O–H groups in total. The zero-order valence-electron chi connectivity index (χ0n) is 14.4. The van der Waals surface area contributed by atoms with Gasteiger partial charge >= 0.3 is 6.18 Å². The number of rotatable bonds is 8. The van der Waals surface area contributed by atoms with Crippen LogP contribution in [0.5, 0.6) is 5.88 Å². The Hall–Kier alpha value is -2.82. The van der Waals surface area contributed by atoms with Gasteiger partial charge in [-0.2, -0.15) is 13.2 Å². The number of methoxy groups -OCH3 is 1. The molecule has 0 aliphatic rings. The third-order valence-electron chi connectivity index (χ3n) is 3.28. The fourth-order valence-corrected chi connectivity index (χ4v) is 1.86. The van der Waals surface area contributed by atoms with E-state index in [2.05, 4.69) is 25.0 Å². The lowest BCUT2D eigenvalue weighted by Gasteiger charge is -2.17. The van der Waals surface area contributed by atoms with Crippen molar-refractivity contribution >= 4 is 11.6 Å². The van der Waals surface area contributed by atoms with E-state index in [1.165, 1.54) is 19.5 Å². The van der Waals surface area contributed by atoms with Crippen LogP contribution < -0.4 is 10.1 Å². The highest BCUT2D eigenvalue weighted by Gasteiger charge is 2.38. The van der Waals surface area contributed by atoms with Gasteiger partial charge < -0.3 is 14.8 Å². The van der Waals surface area contributed by atoms with Crippen molar-refractivity contribution in [1.29, 1.82) is 0 Å². The summed E-state index contributed by atoms with van der Waals surface area (Å²) in [6.07, 6.45) is -3.08. The number of hydrogen-bond acceptors (Lipinski definition) is 7. The molecule has 0 aromatic carbocycles. The number of anilines is 1. The summed E-state index contributed by atoms with van der Waals surface area (Å²) in [5.74, 6) is -1.68. The Kier molecular flexibility index (Phi) is 6.61. The minimum atomic E-state index is -4.63. The standard InChI is InChI=1S/C16H16F4N4O3/c1-9(16(18,19)20)27-15-12(17)3-10(4-24-15)13-6-23-14(7-21-13)22-5-11(25)8-26-2/h3-4,6-7,9H,5,8H2,1-2H3,(H,22,23)/t9-/m0/s1. The minimum absolute atomic E-state index is 0.00146. The fourth-order valence-electron chi connectivity index (χ4n) is 1.86. The summed E-state index contributed by atoms with van der Waals surface area (Å²) in [7, 11) is 1.40. The Morgan fingerprint density at radius 1 is 1.22 bits per heavy atom. The lowest BCUT2D eigenvalue weighted by Crippen LogP contribution is -2.31. The molecule has 2 rings (SSSR count). The molecule has 0 aliphatic carbocycles. The number of halogens is 4. The van der Waals surface area contributed by atoms with Gasteiger partial charge in [0.05, 0.1) is 24.6 Å². The van der Waals surface area contributed by atoms with Crippen LogP contribution in [0.3, 0.4) is 0 Å². The third-order valence-corrected chi connectivity index (χ3v) is 3.28. The van der Waals surface area contributed by atoms with Crippen LogP contribution in [0.4, 0.5) is 23.4 Å². The van der Waals surface area contributed by atoms with Crippen LogP contribution in [0.2, 0.25) is 0 Å². The molecule has 0 saturated heterocycles. The molecule has 2 aromatic heterocycles. The van der Waals surface area contributed by atoms with Crippen LogP contribution in [0.25, 0.3) is 11.3 Å². The number of carbonyl (C=O) groups excluding carboxylic acids is 1. The quantitative estimate of drug-likeness (QED) is 0.696. The Balaban J connectivity index is 2.06. The van der Waals surface area contributed by atoms with Gasteiger partial charge in [0.1, 0.15) is 12.4 Å². The van der Waals surface area contributed by atoms with Gasteiger partial charge in [-0.25, -0.2) is 14.4 Å². The molecule has 0 unspecified atom stereocenters. The highest BCUT2D eigenvalue weighted by Crippen LogP contribution is 2.27. The molecule has 2 aromatic rings. The van der Waals surface area contributed by atoms with Crippen molar-refractivity contribution in [3.63, 3.8) is 0 Å². The predicted molar refractivity (Wildman–Crippen MR) is 86.7 cm³/mol. The molecule has 7 nitrogen and oxygen atoms in total. The maximum atomic E-state index is 14.0. The molecule has 11 heteroatoms. The minimum Gasteiger partial charge on any atom is -0.463 e. The molecule has 2 heterocycles. The van der Waals surface area contributed by atoms with E-state index in [0.29, 0.717) is 5.82 Å². The lowest BCUT2D eigenvalue weighted by atomic mass is 10.2. The molecular weight excluding hydrogens is 372 g/mol. The van der Waals surface area contributed by atoms with Gasteiger partial charge in [-0.3, -0.25) is 9.78 Å². The van der Waals surface area contributed by atoms with Crippen LogP contribution >= 0.6 is 0 Å². The van der Waals surface area contributed by atoms with Crippen molar-refractivity contribution in [3.8, 4) is 17.1 Å². The Labute approximate surface area is 151 Å². The second-order valence-corrected chi connectivity index (χ2v) is 5.42. The first kappa shape index (κ1) is 20.5. The molecule has 0 fully saturated rings. The van der Waals surface area contributed by atoms with E-state index < -0.39 is 24.0 Å². The Morgan fingerprint density at radius 2 is 1.96 bits per heavy atom. The molecule has 0 amide bonds. The van der Waals surface area contributed by atoms with Crippen LogP contribution in [-0.2, 0) is 9.53 Å². The number of alkyl halides is 3. The van der Waals surface area contributed by atoms with Crippen LogP contribution in [0.15, 0.2) is 24.7 Å². The second kappa shape index (κ2) is 8.71. The van der Waals surface area contributed by atoms with E-state index in [1.807, 2.05) is 0 Å². The molecule has 0 spiro atoms. The number of carbonyl (C=O) groups is 1. The molecule has 27 heavy (non-hydrogen) atoms. The summed E-state index contributed by atoms with van der Waals surface area (Å²) in [6.45, 7) is 0.718. The van der Waals surface area contributed by atoms with Crippen LogP contribution in [0, 0.1) is 5.82 Å². The Morgan fingerprint density at radius 3 is 2.52 bits per heavy atom. The first-order valence-electron chi connectivity index (χ1n) is 7.66. The van der Waals surface area contributed by atoms with E-state index in [-0.39, 0.29) is 30.2 Å². The summed E-state index contributed by atoms with van der Waals surface area (Å²) in [4.78, 5) is 23.0. The molecule has 1 atom stereocenters. The van der Waals surface area contributed by atoms with Gasteiger partial charge in [-0.1, -0.05) is 0 Å². The predicted octanol–water partition coefficient (Wildman–Crippen LogP) is 2.63. The van der Waals surface area contributed by atoms with Gasteiger partial charge in [-0.15, -0.1) is 0 Å². The van der Waals surface area contributed by atoms with Gasteiger partial charge in [-0.05, 0) is 13.0 Å². The van der Waals surface area contributed by atoms with Crippen LogP contribution in [0.1, 0.15) is 6.92 Å². The topological polar surface area (TPSA) is 86.2 Å². The monoisotopic (exact) mass is 388 g/mol. The highest BCUT2D eigenvalue weighted by atomic mass is 19.4. The number of pyridine rings is 1. The summed E-state index contributed by atoms with van der Waals surface area (Å²) in [5, 5.41) is 2.74. The third kappa shape index (κ3) is 5.84. The van der Waals surface area contributed by atoms with E-state index in [0.717, 1.165) is 19.2 Å². The van der Waals surface area contributed by atoms with Crippen LogP contribution in [-0.4, -0.2) is 53.3 Å². The number of hydrogen-bond donors (Lipinski definition) is 1. The molecule has 0 bridgehead atoms. The first-order chi connectivity index (χ1) is 12.7. The second-order valence-electron chi connectivity index (χ2n) is 5.42. The van der Waals surface area contributed by atoms with Crippen molar-refractivity contribution in [3.05, 3.63) is 30.5 Å². The summed E-state index contributed by atoms with van der Waals surface area (Å²) in [6, 6.07) is 0.949. The smallest absolute Gasteiger partial charge is 0.425 e. The number of ether oxygens (including phenoxy) is 2. The Bertz CT molecular complexity index is 784. The van der Waals surface area contributed by atoms with Crippen molar-refractivity contribution in [1.82, 2.24) is 15.0 Å². The molecular formula is C16H16F4N4O3. The van der Waals surface area contributed by atoms with E-state index in [9.17, 15) is 22.4 Å². The molecule has 146 valence electrons. The van der Waals surface area contributed by atoms with E-state index in [4.69, 9.17) is 4.74 Å². The number of ketones is 1. The average Bonchev–Trinajstić information content (AvgIpc) is 2.61. The largest absolute Gasteiger partial charge is 0.463 e. The van der Waals surface area contributed by atoms with E-state index in [1.54, 1.807) is 0 Å². The number of Topliss-reactive ketones (excluding diaryl/α,β-unsaturated/α-hetero) is 1. The van der Waals surface area contributed by atoms with Crippen molar-refractivity contribution in [2.45, 2.75) is 19.2 Å². The summed E-state index contributed by atoms with van der Waals surface area (Å²) in [5.41, 5.74) is 0.444. The zero-order chi connectivity index (χ0) is 20.0. The molecule has 0 aliphatic heterocycles. The maximum Gasteiger partial charge on any atom is 0.425 e. The average molecular weight is 388 g/mol. The summed E-state index contributed by atoms with van der Waals surface area (Å²) >= 11 is 0. The fraction of sp³-hybridized carbons (Fsp3) is 0.375. The molecule has 0 saturated carbocycles. The summed E-state index contributed by atoms with van der Waals surface area (Å²) < 4.78 is 60.6. The number of nitrogens with zero attached hydrogens (tertiary/aromatic N) is 3. The van der Waals surface area contributed by atoms with Crippen molar-refractivity contribution in [2.24, 2.45) is 0 Å². The maximum absolute atomic E-state index is 14.0. The normalized spacial score (nSPS) is 12.5. The first-order valence-corrected chi connectivity index (χ1v) is 7.66. The highest BCUT2D eigenvalue weighted by molar-refractivity contribution is 5.83. The molecule has 0 radical (unpaired) electrons. The number of nitrogens with one attached hydrogen (secondary N) is 1. The zero-order valence-corrected chi connectivity index (χ0v) is 14.4. The number of aromatic nitrogens is 3. The lowest BCUT2D eigenvalue weighted by molar-refractivity contribution is -0.190. The van der Waals surface area contributed by atoms with Crippen molar-refractivity contribution in [2.75, 3.05) is 25.6 Å². The SMILES string of the molecule is COCC(=O)CNc1cnc(-c2cnc(O[C@@H](C)C(F)(F)F)c(F)c2)cn1. The van der Waals surface area contributed by atoms with E-state index >= 15 is 0 Å². The van der Waals surface area contributed by atoms with Gasteiger partial charge in [0.2, 0.25) is 0 Å².